The third-order valence-corrected chi connectivity index (χ3v) is 4.84. The Morgan fingerprint density at radius 2 is 1.96 bits per heavy atom. The van der Waals surface area contributed by atoms with Crippen molar-refractivity contribution in [3.8, 4) is 5.75 Å². The maximum absolute atomic E-state index is 12.2. The molecule has 3 rings (SSSR count). The molecular formula is C22H26N2O3. The van der Waals surface area contributed by atoms with Crippen molar-refractivity contribution in [3.63, 3.8) is 0 Å². The van der Waals surface area contributed by atoms with Crippen molar-refractivity contribution < 1.29 is 14.3 Å². The fourth-order valence-corrected chi connectivity index (χ4v) is 3.40. The van der Waals surface area contributed by atoms with Crippen molar-refractivity contribution in [2.45, 2.75) is 32.6 Å². The lowest BCUT2D eigenvalue weighted by atomic mass is 10.1. The minimum Gasteiger partial charge on any atom is -0.496 e. The molecule has 0 bridgehead atoms. The van der Waals surface area contributed by atoms with E-state index in [1.54, 1.807) is 12.0 Å². The van der Waals surface area contributed by atoms with Crippen molar-refractivity contribution in [2.24, 2.45) is 0 Å². The summed E-state index contributed by atoms with van der Waals surface area (Å²) in [5.74, 6) is 1.01. The number of nitrogens with one attached hydrogen (secondary N) is 1. The summed E-state index contributed by atoms with van der Waals surface area (Å²) in [6.45, 7) is 3.39. The van der Waals surface area contributed by atoms with Crippen molar-refractivity contribution >= 4 is 17.5 Å². The Labute approximate surface area is 160 Å². The van der Waals surface area contributed by atoms with Crippen LogP contribution in [-0.2, 0) is 22.4 Å². The van der Waals surface area contributed by atoms with E-state index in [1.165, 1.54) is 5.56 Å². The topological polar surface area (TPSA) is 58.6 Å². The second-order valence-corrected chi connectivity index (χ2v) is 6.91. The van der Waals surface area contributed by atoms with Crippen LogP contribution in [-0.4, -0.2) is 32.0 Å². The number of methoxy groups -OCH3 is 1. The summed E-state index contributed by atoms with van der Waals surface area (Å²) >= 11 is 0. The molecule has 1 heterocycles. The summed E-state index contributed by atoms with van der Waals surface area (Å²) in [6.07, 6.45) is 2.59. The molecule has 0 saturated carbocycles. The fourth-order valence-electron chi connectivity index (χ4n) is 3.40. The molecule has 1 saturated heterocycles. The Morgan fingerprint density at radius 3 is 2.63 bits per heavy atom. The average molecular weight is 366 g/mol. The van der Waals surface area contributed by atoms with Crippen molar-refractivity contribution in [3.05, 3.63) is 59.2 Å². The summed E-state index contributed by atoms with van der Waals surface area (Å²) in [7, 11) is 1.66. The molecule has 1 aliphatic rings. The molecule has 0 aromatic heterocycles. The zero-order valence-electron chi connectivity index (χ0n) is 16.0. The van der Waals surface area contributed by atoms with Crippen LogP contribution in [0, 0.1) is 6.92 Å². The molecule has 27 heavy (non-hydrogen) atoms. The van der Waals surface area contributed by atoms with Gasteiger partial charge < -0.3 is 15.0 Å². The number of carbonyl (C=O) groups excluding carboxylic acids is 2. The number of ether oxygens (including phenoxy) is 1. The first-order valence-electron chi connectivity index (χ1n) is 9.36. The van der Waals surface area contributed by atoms with E-state index >= 15 is 0 Å². The van der Waals surface area contributed by atoms with Crippen LogP contribution in [0.1, 0.15) is 29.5 Å². The number of hydrogen-bond acceptors (Lipinski definition) is 3. The fraction of sp³-hybridized carbons (Fsp3) is 0.364. The first kappa shape index (κ1) is 19.0. The molecule has 1 fully saturated rings. The van der Waals surface area contributed by atoms with Crippen molar-refractivity contribution in [1.82, 2.24) is 5.32 Å². The second kappa shape index (κ2) is 8.71. The third kappa shape index (κ3) is 4.88. The quantitative estimate of drug-likeness (QED) is 0.819. The lowest BCUT2D eigenvalue weighted by molar-refractivity contribution is -0.120. The Morgan fingerprint density at radius 1 is 1.19 bits per heavy atom. The number of nitrogens with zero attached hydrogens (tertiary/aromatic N) is 1. The van der Waals surface area contributed by atoms with Crippen LogP contribution in [0.5, 0.6) is 5.75 Å². The van der Waals surface area contributed by atoms with Crippen LogP contribution < -0.4 is 15.0 Å². The van der Waals surface area contributed by atoms with Crippen LogP contribution in [0.3, 0.4) is 0 Å². The van der Waals surface area contributed by atoms with E-state index in [9.17, 15) is 9.59 Å². The third-order valence-electron chi connectivity index (χ3n) is 4.84. The predicted octanol–water partition coefficient (Wildman–Crippen LogP) is 3.03. The molecular weight excluding hydrogens is 340 g/mol. The maximum atomic E-state index is 12.2. The summed E-state index contributed by atoms with van der Waals surface area (Å²) in [5.41, 5.74) is 4.12. The second-order valence-electron chi connectivity index (χ2n) is 6.91. The Bertz CT molecular complexity index is 815. The van der Waals surface area contributed by atoms with Gasteiger partial charge in [0.2, 0.25) is 11.8 Å². The first-order chi connectivity index (χ1) is 13.1. The number of hydrogen-bond donors (Lipinski definition) is 1. The highest BCUT2D eigenvalue weighted by molar-refractivity contribution is 5.95. The molecule has 2 aromatic carbocycles. The van der Waals surface area contributed by atoms with Gasteiger partial charge in [0.25, 0.3) is 0 Å². The van der Waals surface area contributed by atoms with Crippen molar-refractivity contribution in [2.75, 3.05) is 25.1 Å². The van der Waals surface area contributed by atoms with Gasteiger partial charge in [0.1, 0.15) is 5.75 Å². The van der Waals surface area contributed by atoms with E-state index < -0.39 is 0 Å². The van der Waals surface area contributed by atoms with Gasteiger partial charge in [0.15, 0.2) is 0 Å². The van der Waals surface area contributed by atoms with E-state index in [-0.39, 0.29) is 11.8 Å². The average Bonchev–Trinajstić information content (AvgIpc) is 3.08. The van der Waals surface area contributed by atoms with E-state index in [0.29, 0.717) is 19.4 Å². The molecule has 0 atom stereocenters. The monoisotopic (exact) mass is 366 g/mol. The lowest BCUT2D eigenvalue weighted by Gasteiger charge is -2.16. The molecule has 142 valence electrons. The molecule has 1 aliphatic heterocycles. The predicted molar refractivity (Wildman–Crippen MR) is 106 cm³/mol. The van der Waals surface area contributed by atoms with E-state index in [1.807, 2.05) is 43.3 Å². The van der Waals surface area contributed by atoms with Gasteiger partial charge in [-0.15, -0.1) is 0 Å². The van der Waals surface area contributed by atoms with Crippen LogP contribution in [0.2, 0.25) is 0 Å². The zero-order valence-corrected chi connectivity index (χ0v) is 16.0. The summed E-state index contributed by atoms with van der Waals surface area (Å²) in [5, 5.41) is 2.97. The van der Waals surface area contributed by atoms with Gasteiger partial charge in [-0.3, -0.25) is 9.59 Å². The standard InChI is InChI=1S/C22H26N2O3/c1-16-5-10-20(27-2)18(14-16)11-12-23-21(25)15-17-6-8-19(9-7-17)24-13-3-4-22(24)26/h5-10,14H,3-4,11-13,15H2,1-2H3,(H,23,25). The van der Waals surface area contributed by atoms with Gasteiger partial charge in [-0.05, 0) is 49.1 Å². The Balaban J connectivity index is 1.49. The van der Waals surface area contributed by atoms with E-state index in [4.69, 9.17) is 4.74 Å². The van der Waals surface area contributed by atoms with Gasteiger partial charge in [-0.25, -0.2) is 0 Å². The molecule has 5 nitrogen and oxygen atoms in total. The molecule has 0 radical (unpaired) electrons. The largest absolute Gasteiger partial charge is 0.496 e. The number of rotatable bonds is 7. The highest BCUT2D eigenvalue weighted by Crippen LogP contribution is 2.22. The van der Waals surface area contributed by atoms with Gasteiger partial charge in [-0.2, -0.15) is 0 Å². The number of carbonyl (C=O) groups is 2. The number of anilines is 1. The summed E-state index contributed by atoms with van der Waals surface area (Å²) in [4.78, 5) is 25.8. The lowest BCUT2D eigenvalue weighted by Crippen LogP contribution is -2.27. The van der Waals surface area contributed by atoms with Gasteiger partial charge in [0.05, 0.1) is 13.5 Å². The number of amides is 2. The Hall–Kier alpha value is -2.82. The molecule has 5 heteroatoms. The van der Waals surface area contributed by atoms with Crippen LogP contribution in [0.15, 0.2) is 42.5 Å². The minimum atomic E-state index is -0.00776. The molecule has 2 amide bonds. The molecule has 0 unspecified atom stereocenters. The minimum absolute atomic E-state index is 0.00776. The van der Waals surface area contributed by atoms with Gasteiger partial charge in [0, 0.05) is 25.2 Å². The van der Waals surface area contributed by atoms with Crippen LogP contribution >= 0.6 is 0 Å². The normalized spacial score (nSPS) is 13.7. The number of aryl methyl sites for hydroxylation is 1. The zero-order chi connectivity index (χ0) is 19.2. The number of benzene rings is 2. The smallest absolute Gasteiger partial charge is 0.227 e. The SMILES string of the molecule is COc1ccc(C)cc1CCNC(=O)Cc1ccc(N2CCCC2=O)cc1. The van der Waals surface area contributed by atoms with Crippen LogP contribution in [0.25, 0.3) is 0 Å². The molecule has 0 spiro atoms. The molecule has 0 aliphatic carbocycles. The summed E-state index contributed by atoms with van der Waals surface area (Å²) < 4.78 is 5.37. The Kier molecular flexibility index (Phi) is 6.12. The summed E-state index contributed by atoms with van der Waals surface area (Å²) in [6, 6.07) is 13.7. The molecule has 1 N–H and O–H groups in total. The first-order valence-corrected chi connectivity index (χ1v) is 9.36. The highest BCUT2D eigenvalue weighted by atomic mass is 16.5. The maximum Gasteiger partial charge on any atom is 0.227 e. The van der Waals surface area contributed by atoms with Gasteiger partial charge in [-0.1, -0.05) is 29.8 Å². The van der Waals surface area contributed by atoms with Crippen LogP contribution in [0.4, 0.5) is 5.69 Å². The highest BCUT2D eigenvalue weighted by Gasteiger charge is 2.21. The van der Waals surface area contributed by atoms with Gasteiger partial charge >= 0.3 is 0 Å². The molecule has 2 aromatic rings. The van der Waals surface area contributed by atoms with E-state index in [0.717, 1.165) is 42.0 Å². The van der Waals surface area contributed by atoms with Crippen molar-refractivity contribution in [1.29, 1.82) is 0 Å². The van der Waals surface area contributed by atoms with E-state index in [2.05, 4.69) is 11.4 Å².